The molecule has 0 unspecified atom stereocenters. The Bertz CT molecular complexity index is 597. The van der Waals surface area contributed by atoms with Gasteiger partial charge >= 0.3 is 0 Å². The summed E-state index contributed by atoms with van der Waals surface area (Å²) in [5.74, 6) is 0. The van der Waals surface area contributed by atoms with Crippen molar-refractivity contribution in [2.24, 2.45) is 0 Å². The van der Waals surface area contributed by atoms with E-state index in [0.29, 0.717) is 11.6 Å². The van der Waals surface area contributed by atoms with E-state index in [0.717, 1.165) is 17.5 Å². The number of aldehydes is 1. The molecular formula is C16H17IN2O. The highest BCUT2D eigenvalue weighted by Gasteiger charge is 2.19. The fourth-order valence-electron chi connectivity index (χ4n) is 2.86. The lowest BCUT2D eigenvalue weighted by atomic mass is 9.96. The van der Waals surface area contributed by atoms with Gasteiger partial charge in [0.2, 0.25) is 0 Å². The highest BCUT2D eigenvalue weighted by molar-refractivity contribution is 14.1. The van der Waals surface area contributed by atoms with E-state index >= 15 is 0 Å². The standard InChI is InChI=1S/C16H17IN2O/c17-14-8-6-12(7-9-14)16-13(11-20)10-19(18-16)15-4-2-1-3-5-15/h6-11,15H,1-5H2. The van der Waals surface area contributed by atoms with E-state index in [-0.39, 0.29) is 0 Å². The molecule has 1 aromatic carbocycles. The zero-order valence-electron chi connectivity index (χ0n) is 11.3. The van der Waals surface area contributed by atoms with Gasteiger partial charge in [0, 0.05) is 15.3 Å². The topological polar surface area (TPSA) is 34.9 Å². The Morgan fingerprint density at radius 2 is 1.85 bits per heavy atom. The number of rotatable bonds is 3. The quantitative estimate of drug-likeness (QED) is 0.582. The van der Waals surface area contributed by atoms with Gasteiger partial charge in [-0.2, -0.15) is 5.10 Å². The summed E-state index contributed by atoms with van der Waals surface area (Å²) in [6.07, 6.45) is 9.02. The molecule has 0 radical (unpaired) electrons. The van der Waals surface area contributed by atoms with Gasteiger partial charge in [-0.05, 0) is 47.6 Å². The molecule has 1 heterocycles. The molecule has 0 bridgehead atoms. The number of hydrogen-bond acceptors (Lipinski definition) is 2. The third-order valence-electron chi connectivity index (χ3n) is 3.95. The van der Waals surface area contributed by atoms with E-state index < -0.39 is 0 Å². The number of carbonyl (C=O) groups is 1. The number of hydrogen-bond donors (Lipinski definition) is 0. The Morgan fingerprint density at radius 1 is 1.15 bits per heavy atom. The van der Waals surface area contributed by atoms with Gasteiger partial charge in [0.05, 0.1) is 11.6 Å². The normalized spacial score (nSPS) is 16.2. The van der Waals surface area contributed by atoms with Crippen LogP contribution in [0.25, 0.3) is 11.3 Å². The smallest absolute Gasteiger partial charge is 0.153 e. The van der Waals surface area contributed by atoms with Crippen LogP contribution >= 0.6 is 22.6 Å². The van der Waals surface area contributed by atoms with Gasteiger partial charge in [0.1, 0.15) is 5.69 Å². The molecule has 0 saturated heterocycles. The maximum atomic E-state index is 11.3. The van der Waals surface area contributed by atoms with Gasteiger partial charge in [-0.1, -0.05) is 31.4 Å². The SMILES string of the molecule is O=Cc1cn(C2CCCCC2)nc1-c1ccc(I)cc1. The Kier molecular flexibility index (Phi) is 4.19. The second kappa shape index (κ2) is 6.08. The maximum Gasteiger partial charge on any atom is 0.153 e. The molecular weight excluding hydrogens is 363 g/mol. The summed E-state index contributed by atoms with van der Waals surface area (Å²) in [5.41, 5.74) is 2.51. The molecule has 4 heteroatoms. The number of nitrogens with zero attached hydrogens (tertiary/aromatic N) is 2. The van der Waals surface area contributed by atoms with Crippen LogP contribution in [0.5, 0.6) is 0 Å². The van der Waals surface area contributed by atoms with Crippen molar-refractivity contribution in [3.05, 3.63) is 39.6 Å². The number of benzene rings is 1. The summed E-state index contributed by atoms with van der Waals surface area (Å²) in [5, 5.41) is 4.69. The Balaban J connectivity index is 1.95. The third kappa shape index (κ3) is 2.80. The molecule has 0 aliphatic heterocycles. The van der Waals surface area contributed by atoms with E-state index in [4.69, 9.17) is 0 Å². The molecule has 0 N–H and O–H groups in total. The van der Waals surface area contributed by atoms with Gasteiger partial charge in [0.25, 0.3) is 0 Å². The van der Waals surface area contributed by atoms with Crippen molar-refractivity contribution in [1.82, 2.24) is 9.78 Å². The number of carbonyl (C=O) groups excluding carboxylic acids is 1. The lowest BCUT2D eigenvalue weighted by Crippen LogP contribution is -2.13. The molecule has 3 nitrogen and oxygen atoms in total. The van der Waals surface area contributed by atoms with E-state index in [1.807, 2.05) is 35.1 Å². The lowest BCUT2D eigenvalue weighted by Gasteiger charge is -2.21. The molecule has 0 atom stereocenters. The molecule has 1 fully saturated rings. The summed E-state index contributed by atoms with van der Waals surface area (Å²) in [4.78, 5) is 11.3. The molecule has 1 aliphatic rings. The average Bonchev–Trinajstić information content (AvgIpc) is 2.93. The van der Waals surface area contributed by atoms with E-state index in [9.17, 15) is 4.79 Å². The average molecular weight is 380 g/mol. The summed E-state index contributed by atoms with van der Waals surface area (Å²) in [7, 11) is 0. The van der Waals surface area contributed by atoms with Crippen molar-refractivity contribution in [2.75, 3.05) is 0 Å². The fraction of sp³-hybridized carbons (Fsp3) is 0.375. The molecule has 104 valence electrons. The lowest BCUT2D eigenvalue weighted by molar-refractivity contribution is 0.112. The third-order valence-corrected chi connectivity index (χ3v) is 4.67. The number of aromatic nitrogens is 2. The zero-order chi connectivity index (χ0) is 13.9. The second-order valence-electron chi connectivity index (χ2n) is 5.33. The Hall–Kier alpha value is -1.17. The van der Waals surface area contributed by atoms with E-state index in [2.05, 4.69) is 27.7 Å². The van der Waals surface area contributed by atoms with Crippen molar-refractivity contribution in [1.29, 1.82) is 0 Å². The van der Waals surface area contributed by atoms with Crippen LogP contribution < -0.4 is 0 Å². The molecule has 1 aromatic heterocycles. The molecule has 20 heavy (non-hydrogen) atoms. The zero-order valence-corrected chi connectivity index (χ0v) is 13.4. The minimum absolute atomic E-state index is 0.458. The molecule has 1 saturated carbocycles. The van der Waals surface area contributed by atoms with Gasteiger partial charge in [-0.15, -0.1) is 0 Å². The van der Waals surface area contributed by atoms with E-state index in [1.165, 1.54) is 35.7 Å². The van der Waals surface area contributed by atoms with Crippen molar-refractivity contribution < 1.29 is 4.79 Å². The molecule has 2 aromatic rings. The van der Waals surface area contributed by atoms with Crippen LogP contribution in [0.2, 0.25) is 0 Å². The Labute approximate surface area is 132 Å². The van der Waals surface area contributed by atoms with Gasteiger partial charge < -0.3 is 0 Å². The number of halogens is 1. The molecule has 0 spiro atoms. The van der Waals surface area contributed by atoms with Gasteiger partial charge in [-0.3, -0.25) is 9.48 Å². The first-order valence-corrected chi connectivity index (χ1v) is 8.16. The first-order valence-electron chi connectivity index (χ1n) is 7.08. The minimum atomic E-state index is 0.458. The first kappa shape index (κ1) is 13.8. The van der Waals surface area contributed by atoms with Crippen LogP contribution in [0.3, 0.4) is 0 Å². The summed E-state index contributed by atoms with van der Waals surface area (Å²) in [6.45, 7) is 0. The highest BCUT2D eigenvalue weighted by Crippen LogP contribution is 2.30. The van der Waals surface area contributed by atoms with Crippen LogP contribution in [0.15, 0.2) is 30.5 Å². The molecule has 1 aliphatic carbocycles. The van der Waals surface area contributed by atoms with E-state index in [1.54, 1.807) is 0 Å². The van der Waals surface area contributed by atoms with Crippen molar-refractivity contribution in [2.45, 2.75) is 38.1 Å². The van der Waals surface area contributed by atoms with Crippen LogP contribution in [0.4, 0.5) is 0 Å². The van der Waals surface area contributed by atoms with Crippen molar-refractivity contribution >= 4 is 28.9 Å². The predicted molar refractivity (Wildman–Crippen MR) is 87.9 cm³/mol. The monoisotopic (exact) mass is 380 g/mol. The van der Waals surface area contributed by atoms with Crippen LogP contribution in [-0.2, 0) is 0 Å². The summed E-state index contributed by atoms with van der Waals surface area (Å²) in [6, 6.07) is 8.61. The van der Waals surface area contributed by atoms with Crippen LogP contribution in [0.1, 0.15) is 48.5 Å². The fourth-order valence-corrected chi connectivity index (χ4v) is 3.22. The maximum absolute atomic E-state index is 11.3. The molecule has 3 rings (SSSR count). The van der Waals surface area contributed by atoms with Gasteiger partial charge in [0.15, 0.2) is 6.29 Å². The second-order valence-corrected chi connectivity index (χ2v) is 6.58. The van der Waals surface area contributed by atoms with Crippen LogP contribution in [-0.4, -0.2) is 16.1 Å². The van der Waals surface area contributed by atoms with Gasteiger partial charge in [-0.25, -0.2) is 0 Å². The summed E-state index contributed by atoms with van der Waals surface area (Å²) < 4.78 is 3.20. The van der Waals surface area contributed by atoms with Crippen LogP contribution in [0, 0.1) is 3.57 Å². The van der Waals surface area contributed by atoms with Crippen molar-refractivity contribution in [3.63, 3.8) is 0 Å². The Morgan fingerprint density at radius 3 is 2.50 bits per heavy atom. The minimum Gasteiger partial charge on any atom is -0.298 e. The predicted octanol–water partition coefficient (Wildman–Crippen LogP) is 4.47. The highest BCUT2D eigenvalue weighted by atomic mass is 127. The summed E-state index contributed by atoms with van der Waals surface area (Å²) >= 11 is 2.28. The van der Waals surface area contributed by atoms with Crippen molar-refractivity contribution in [3.8, 4) is 11.3 Å². The largest absolute Gasteiger partial charge is 0.298 e. The first-order chi connectivity index (χ1) is 9.78. The molecule has 0 amide bonds.